The minimum atomic E-state index is -0.438. The Kier molecular flexibility index (Phi) is 6.18. The number of hydrogen-bond donors (Lipinski definition) is 2. The molecular weight excluding hydrogens is 416 g/mol. The molecule has 2 aliphatic rings. The number of esters is 2. The molecule has 6 heteroatoms. The third-order valence-corrected chi connectivity index (χ3v) is 7.05. The van der Waals surface area contributed by atoms with Crippen LogP contribution in [0.15, 0.2) is 48.5 Å². The Morgan fingerprint density at radius 3 is 2.52 bits per heavy atom. The van der Waals surface area contributed by atoms with Crippen LogP contribution in [0.3, 0.4) is 0 Å². The number of nitrogens with one attached hydrogen (secondary N) is 2. The van der Waals surface area contributed by atoms with Gasteiger partial charge in [-0.3, -0.25) is 10.1 Å². The van der Waals surface area contributed by atoms with Crippen LogP contribution in [0.5, 0.6) is 0 Å². The van der Waals surface area contributed by atoms with E-state index in [1.165, 1.54) is 26.4 Å². The normalized spacial score (nSPS) is 20.9. The fourth-order valence-corrected chi connectivity index (χ4v) is 5.23. The molecule has 0 radical (unpaired) electrons. The third-order valence-electron chi connectivity index (χ3n) is 7.05. The SMILES string of the molecule is COC(=O)[C@H]1Cc2c([nH]c3ccccc23)[C@H](c2ccc(C(=O)OCC3CCCCC3)cc2)N1. The standard InChI is InChI=1S/C27H30N2O4/c1-32-27(31)23-15-21-20-9-5-6-10-22(20)28-25(21)24(29-23)18-11-13-19(14-12-18)26(30)33-16-17-7-3-2-4-8-17/h5-6,9-14,17,23-24,28-29H,2-4,7-8,15-16H2,1H3/t23-,24+/m1/s1. The van der Waals surface area contributed by atoms with Gasteiger partial charge in [0.15, 0.2) is 0 Å². The summed E-state index contributed by atoms with van der Waals surface area (Å²) in [7, 11) is 1.41. The largest absolute Gasteiger partial charge is 0.468 e. The number of H-pyrrole nitrogens is 1. The Morgan fingerprint density at radius 1 is 1.00 bits per heavy atom. The zero-order valence-electron chi connectivity index (χ0n) is 18.9. The summed E-state index contributed by atoms with van der Waals surface area (Å²) >= 11 is 0. The van der Waals surface area contributed by atoms with E-state index >= 15 is 0 Å². The molecule has 0 saturated heterocycles. The van der Waals surface area contributed by atoms with Crippen molar-refractivity contribution in [1.82, 2.24) is 10.3 Å². The van der Waals surface area contributed by atoms with Crippen molar-refractivity contribution < 1.29 is 19.1 Å². The number of aromatic amines is 1. The molecule has 0 spiro atoms. The first kappa shape index (κ1) is 21.7. The quantitative estimate of drug-likeness (QED) is 0.556. The molecule has 3 aromatic rings. The Bertz CT molecular complexity index is 1140. The smallest absolute Gasteiger partial charge is 0.338 e. The number of rotatable bonds is 5. The highest BCUT2D eigenvalue weighted by Crippen LogP contribution is 2.35. The van der Waals surface area contributed by atoms with Crippen LogP contribution in [-0.4, -0.2) is 36.7 Å². The monoisotopic (exact) mass is 446 g/mol. The molecule has 0 bridgehead atoms. The molecule has 2 aromatic carbocycles. The van der Waals surface area contributed by atoms with E-state index in [1.54, 1.807) is 0 Å². The van der Waals surface area contributed by atoms with E-state index in [9.17, 15) is 9.59 Å². The summed E-state index contributed by atoms with van der Waals surface area (Å²) in [5.74, 6) is -0.0644. The minimum absolute atomic E-state index is 0.211. The average Bonchev–Trinajstić information content (AvgIpc) is 3.25. The maximum absolute atomic E-state index is 12.6. The summed E-state index contributed by atoms with van der Waals surface area (Å²) < 4.78 is 10.6. The maximum atomic E-state index is 12.6. The van der Waals surface area contributed by atoms with Crippen molar-refractivity contribution in [3.63, 3.8) is 0 Å². The lowest BCUT2D eigenvalue weighted by Gasteiger charge is -2.30. The van der Waals surface area contributed by atoms with Crippen molar-refractivity contribution in [3.8, 4) is 0 Å². The van der Waals surface area contributed by atoms with Gasteiger partial charge in [0.2, 0.25) is 0 Å². The van der Waals surface area contributed by atoms with Crippen molar-refractivity contribution in [1.29, 1.82) is 0 Å². The van der Waals surface area contributed by atoms with E-state index in [0.717, 1.165) is 40.6 Å². The summed E-state index contributed by atoms with van der Waals surface area (Å²) in [4.78, 5) is 28.5. The molecule has 2 N–H and O–H groups in total. The average molecular weight is 447 g/mol. The van der Waals surface area contributed by atoms with E-state index < -0.39 is 6.04 Å². The van der Waals surface area contributed by atoms with Crippen molar-refractivity contribution >= 4 is 22.8 Å². The van der Waals surface area contributed by atoms with Gasteiger partial charge in [0.25, 0.3) is 0 Å². The Balaban J connectivity index is 1.37. The molecule has 0 amide bonds. The van der Waals surface area contributed by atoms with Gasteiger partial charge in [0, 0.05) is 23.0 Å². The van der Waals surface area contributed by atoms with E-state index in [1.807, 2.05) is 42.5 Å². The van der Waals surface area contributed by atoms with Gasteiger partial charge >= 0.3 is 11.9 Å². The van der Waals surface area contributed by atoms with Gasteiger partial charge in [0.05, 0.1) is 25.3 Å². The van der Waals surface area contributed by atoms with Crippen LogP contribution in [0.4, 0.5) is 0 Å². The highest BCUT2D eigenvalue weighted by molar-refractivity contribution is 5.90. The van der Waals surface area contributed by atoms with Gasteiger partial charge in [-0.05, 0) is 48.1 Å². The van der Waals surface area contributed by atoms with Gasteiger partial charge in [-0.2, -0.15) is 0 Å². The van der Waals surface area contributed by atoms with Crippen LogP contribution in [0.25, 0.3) is 10.9 Å². The predicted molar refractivity (Wildman–Crippen MR) is 126 cm³/mol. The Morgan fingerprint density at radius 2 is 1.76 bits per heavy atom. The molecule has 1 saturated carbocycles. The molecule has 0 unspecified atom stereocenters. The number of carbonyl (C=O) groups excluding carboxylic acids is 2. The summed E-state index contributed by atoms with van der Waals surface area (Å²) in [6.07, 6.45) is 6.60. The second-order valence-corrected chi connectivity index (χ2v) is 9.17. The second-order valence-electron chi connectivity index (χ2n) is 9.17. The maximum Gasteiger partial charge on any atom is 0.338 e. The Hall–Kier alpha value is -3.12. The molecule has 6 nitrogen and oxygen atoms in total. The number of para-hydroxylation sites is 1. The van der Waals surface area contributed by atoms with Crippen molar-refractivity contribution in [2.24, 2.45) is 5.92 Å². The van der Waals surface area contributed by atoms with Gasteiger partial charge in [0.1, 0.15) is 6.04 Å². The first-order chi connectivity index (χ1) is 16.1. The number of ether oxygens (including phenoxy) is 2. The lowest BCUT2D eigenvalue weighted by Crippen LogP contribution is -2.45. The number of benzene rings is 2. The molecule has 1 aromatic heterocycles. The topological polar surface area (TPSA) is 80.4 Å². The minimum Gasteiger partial charge on any atom is -0.468 e. The van der Waals surface area contributed by atoms with Crippen molar-refractivity contribution in [2.75, 3.05) is 13.7 Å². The van der Waals surface area contributed by atoms with Gasteiger partial charge in [-0.25, -0.2) is 4.79 Å². The molecule has 1 aliphatic carbocycles. The summed E-state index contributed by atoms with van der Waals surface area (Å²) in [6, 6.07) is 15.0. The molecule has 172 valence electrons. The molecule has 5 rings (SSSR count). The molecule has 2 atom stereocenters. The van der Waals surface area contributed by atoms with E-state index in [2.05, 4.69) is 16.4 Å². The summed E-state index contributed by atoms with van der Waals surface area (Å²) in [5, 5.41) is 4.55. The molecule has 2 heterocycles. The lowest BCUT2D eigenvalue weighted by atomic mass is 9.90. The number of carbonyl (C=O) groups is 2. The van der Waals surface area contributed by atoms with Gasteiger partial charge < -0.3 is 14.5 Å². The second kappa shape index (κ2) is 9.40. The van der Waals surface area contributed by atoms with Crippen LogP contribution < -0.4 is 5.32 Å². The number of aromatic nitrogens is 1. The van der Waals surface area contributed by atoms with Crippen LogP contribution in [0.1, 0.15) is 65.3 Å². The van der Waals surface area contributed by atoms with Crippen LogP contribution >= 0.6 is 0 Å². The van der Waals surface area contributed by atoms with Gasteiger partial charge in [-0.1, -0.05) is 49.6 Å². The first-order valence-corrected chi connectivity index (χ1v) is 11.8. The highest BCUT2D eigenvalue weighted by atomic mass is 16.5. The number of methoxy groups -OCH3 is 1. The Labute approximate surface area is 193 Å². The summed E-state index contributed by atoms with van der Waals surface area (Å²) in [6.45, 7) is 0.504. The van der Waals surface area contributed by atoms with Crippen molar-refractivity contribution in [3.05, 3.63) is 70.9 Å². The van der Waals surface area contributed by atoms with Crippen LogP contribution in [0, 0.1) is 5.92 Å². The molecule has 1 aliphatic heterocycles. The van der Waals surface area contributed by atoms with Crippen LogP contribution in [0.2, 0.25) is 0 Å². The first-order valence-electron chi connectivity index (χ1n) is 11.8. The van der Waals surface area contributed by atoms with E-state index in [-0.39, 0.29) is 18.0 Å². The highest BCUT2D eigenvalue weighted by Gasteiger charge is 2.34. The molecule has 33 heavy (non-hydrogen) atoms. The molecule has 1 fully saturated rings. The zero-order chi connectivity index (χ0) is 22.8. The third kappa shape index (κ3) is 4.40. The van der Waals surface area contributed by atoms with E-state index in [0.29, 0.717) is 24.5 Å². The fourth-order valence-electron chi connectivity index (χ4n) is 5.23. The van der Waals surface area contributed by atoms with Crippen molar-refractivity contribution in [2.45, 2.75) is 50.6 Å². The lowest BCUT2D eigenvalue weighted by molar-refractivity contribution is -0.143. The fraction of sp³-hybridized carbons (Fsp3) is 0.407. The van der Waals surface area contributed by atoms with E-state index in [4.69, 9.17) is 9.47 Å². The van der Waals surface area contributed by atoms with Gasteiger partial charge in [-0.15, -0.1) is 0 Å². The summed E-state index contributed by atoms with van der Waals surface area (Å²) in [5.41, 5.74) is 4.74. The van der Waals surface area contributed by atoms with Crippen LogP contribution in [-0.2, 0) is 20.7 Å². The predicted octanol–water partition coefficient (Wildman–Crippen LogP) is 4.68. The number of hydrogen-bond acceptors (Lipinski definition) is 5. The zero-order valence-corrected chi connectivity index (χ0v) is 18.9. The molecular formula is C27H30N2O4. The number of fused-ring (bicyclic) bond motifs is 3.